The molecule has 0 heterocycles. The topological polar surface area (TPSA) is 29.5 Å². The molecule has 0 saturated carbocycles. The van der Waals surface area contributed by atoms with Crippen LogP contribution in [-0.4, -0.2) is 11.9 Å². The van der Waals surface area contributed by atoms with Crippen molar-refractivity contribution in [2.75, 3.05) is 6.61 Å². The number of hydrogen-bond donors (Lipinski definition) is 1. The van der Waals surface area contributed by atoms with E-state index in [1.165, 1.54) is 0 Å². The van der Waals surface area contributed by atoms with Crippen LogP contribution in [0.4, 0.5) is 0 Å². The molecule has 1 N–H and O–H groups in total. The molecule has 0 radical (unpaired) electrons. The first-order valence-electron chi connectivity index (χ1n) is 3.34. The molecular formula is C8H9BrO2. The molecule has 0 aliphatic carbocycles. The Morgan fingerprint density at radius 1 is 1.45 bits per heavy atom. The van der Waals surface area contributed by atoms with Gasteiger partial charge in [0.2, 0.25) is 0 Å². The molecule has 0 bridgehead atoms. The zero-order chi connectivity index (χ0) is 8.10. The minimum atomic E-state index is 0.344. The van der Waals surface area contributed by atoms with E-state index in [-0.39, 0.29) is 0 Å². The van der Waals surface area contributed by atoms with E-state index in [4.69, 9.17) is 5.26 Å². The largest absolute Gasteiger partial charge is 0.252 e. The summed E-state index contributed by atoms with van der Waals surface area (Å²) in [6, 6.07) is 7.91. The molecule has 11 heavy (non-hydrogen) atoms. The highest BCUT2D eigenvalue weighted by atomic mass is 79.9. The molecular weight excluding hydrogens is 208 g/mol. The third-order valence-electron chi connectivity index (χ3n) is 1.37. The van der Waals surface area contributed by atoms with E-state index in [2.05, 4.69) is 20.8 Å². The Morgan fingerprint density at radius 3 is 2.91 bits per heavy atom. The van der Waals surface area contributed by atoms with Crippen LogP contribution in [0.5, 0.6) is 0 Å². The maximum Gasteiger partial charge on any atom is 0.0860 e. The van der Waals surface area contributed by atoms with E-state index in [1.807, 2.05) is 24.3 Å². The fraction of sp³-hybridized carbons (Fsp3) is 0.250. The van der Waals surface area contributed by atoms with E-state index in [1.54, 1.807) is 0 Å². The van der Waals surface area contributed by atoms with Crippen LogP contribution in [0.2, 0.25) is 0 Å². The second-order valence-electron chi connectivity index (χ2n) is 2.21. The Bertz CT molecular complexity index is 225. The minimum Gasteiger partial charge on any atom is -0.252 e. The summed E-state index contributed by atoms with van der Waals surface area (Å²) in [6.07, 6.45) is 0.732. The van der Waals surface area contributed by atoms with Crippen LogP contribution in [0.1, 0.15) is 5.56 Å². The van der Waals surface area contributed by atoms with Gasteiger partial charge < -0.3 is 0 Å². The number of rotatable bonds is 3. The molecule has 1 aromatic rings. The van der Waals surface area contributed by atoms with Gasteiger partial charge in [0, 0.05) is 4.47 Å². The van der Waals surface area contributed by atoms with Gasteiger partial charge in [-0.15, -0.1) is 0 Å². The molecule has 60 valence electrons. The fourth-order valence-electron chi connectivity index (χ4n) is 0.856. The lowest BCUT2D eigenvalue weighted by Gasteiger charge is -1.98. The summed E-state index contributed by atoms with van der Waals surface area (Å²) in [6.45, 7) is 0.344. The van der Waals surface area contributed by atoms with Crippen LogP contribution in [0, 0.1) is 0 Å². The molecule has 1 rings (SSSR count). The van der Waals surface area contributed by atoms with Crippen molar-refractivity contribution in [2.45, 2.75) is 6.42 Å². The van der Waals surface area contributed by atoms with E-state index in [0.29, 0.717) is 6.61 Å². The Balaban J connectivity index is 2.56. The monoisotopic (exact) mass is 216 g/mol. The van der Waals surface area contributed by atoms with Crippen molar-refractivity contribution in [3.05, 3.63) is 34.3 Å². The van der Waals surface area contributed by atoms with Gasteiger partial charge in [0.1, 0.15) is 0 Å². The van der Waals surface area contributed by atoms with Gasteiger partial charge >= 0.3 is 0 Å². The molecule has 2 nitrogen and oxygen atoms in total. The van der Waals surface area contributed by atoms with Crippen LogP contribution in [0.15, 0.2) is 28.7 Å². The van der Waals surface area contributed by atoms with Crippen molar-refractivity contribution < 1.29 is 10.1 Å². The number of benzene rings is 1. The number of hydrogen-bond acceptors (Lipinski definition) is 2. The molecule has 0 saturated heterocycles. The second kappa shape index (κ2) is 4.49. The molecule has 0 aliphatic heterocycles. The van der Waals surface area contributed by atoms with Crippen molar-refractivity contribution in [3.8, 4) is 0 Å². The van der Waals surface area contributed by atoms with Gasteiger partial charge in [0.15, 0.2) is 0 Å². The van der Waals surface area contributed by atoms with Crippen LogP contribution in [0.3, 0.4) is 0 Å². The summed E-state index contributed by atoms with van der Waals surface area (Å²) in [5, 5.41) is 8.09. The summed E-state index contributed by atoms with van der Waals surface area (Å²) in [5.41, 5.74) is 1.15. The molecule has 0 atom stereocenters. The van der Waals surface area contributed by atoms with E-state index < -0.39 is 0 Å². The van der Waals surface area contributed by atoms with Gasteiger partial charge in [-0.2, -0.15) is 0 Å². The maximum absolute atomic E-state index is 8.09. The highest BCUT2D eigenvalue weighted by Crippen LogP contribution is 2.11. The standard InChI is InChI=1S/C8H9BrO2/c9-8-3-1-2-7(6-8)4-5-11-10/h1-3,6,10H,4-5H2. The van der Waals surface area contributed by atoms with Crippen molar-refractivity contribution in [3.63, 3.8) is 0 Å². The van der Waals surface area contributed by atoms with Crippen LogP contribution in [-0.2, 0) is 11.3 Å². The lowest BCUT2D eigenvalue weighted by atomic mass is 10.2. The van der Waals surface area contributed by atoms with Gasteiger partial charge in [-0.3, -0.25) is 5.26 Å². The average molecular weight is 217 g/mol. The summed E-state index contributed by atoms with van der Waals surface area (Å²) >= 11 is 3.35. The Hall–Kier alpha value is -0.380. The quantitative estimate of drug-likeness (QED) is 0.622. The van der Waals surface area contributed by atoms with E-state index >= 15 is 0 Å². The summed E-state index contributed by atoms with van der Waals surface area (Å²) in [4.78, 5) is 3.97. The Labute approximate surface area is 73.9 Å². The second-order valence-corrected chi connectivity index (χ2v) is 3.13. The van der Waals surface area contributed by atoms with Gasteiger partial charge in [-0.05, 0) is 24.1 Å². The third-order valence-corrected chi connectivity index (χ3v) is 1.86. The maximum atomic E-state index is 8.09. The molecule has 0 amide bonds. The molecule has 1 aromatic carbocycles. The molecule has 0 unspecified atom stereocenters. The van der Waals surface area contributed by atoms with E-state index in [9.17, 15) is 0 Å². The Morgan fingerprint density at radius 2 is 2.27 bits per heavy atom. The smallest absolute Gasteiger partial charge is 0.0860 e. The van der Waals surface area contributed by atoms with Gasteiger partial charge in [0.05, 0.1) is 6.61 Å². The van der Waals surface area contributed by atoms with Crippen molar-refractivity contribution in [2.24, 2.45) is 0 Å². The SMILES string of the molecule is OOCCc1cccc(Br)c1. The Kier molecular flexibility index (Phi) is 3.56. The lowest BCUT2D eigenvalue weighted by molar-refractivity contribution is -0.241. The molecule has 0 aromatic heterocycles. The van der Waals surface area contributed by atoms with Gasteiger partial charge in [-0.25, -0.2) is 4.89 Å². The molecule has 0 aliphatic rings. The average Bonchev–Trinajstić information content (AvgIpc) is 2.01. The van der Waals surface area contributed by atoms with Gasteiger partial charge in [0.25, 0.3) is 0 Å². The highest BCUT2D eigenvalue weighted by molar-refractivity contribution is 9.10. The van der Waals surface area contributed by atoms with Crippen molar-refractivity contribution in [1.82, 2.24) is 0 Å². The van der Waals surface area contributed by atoms with Crippen molar-refractivity contribution in [1.29, 1.82) is 0 Å². The third kappa shape index (κ3) is 3.01. The van der Waals surface area contributed by atoms with Crippen molar-refractivity contribution >= 4 is 15.9 Å². The highest BCUT2D eigenvalue weighted by Gasteiger charge is 1.92. The van der Waals surface area contributed by atoms with Crippen LogP contribution >= 0.6 is 15.9 Å². The first kappa shape index (κ1) is 8.71. The predicted molar refractivity (Wildman–Crippen MR) is 46.4 cm³/mol. The molecule has 0 spiro atoms. The van der Waals surface area contributed by atoms with E-state index in [0.717, 1.165) is 16.5 Å². The summed E-state index contributed by atoms with van der Waals surface area (Å²) < 4.78 is 1.05. The van der Waals surface area contributed by atoms with Gasteiger partial charge in [-0.1, -0.05) is 28.1 Å². The summed E-state index contributed by atoms with van der Waals surface area (Å²) in [5.74, 6) is 0. The zero-order valence-corrected chi connectivity index (χ0v) is 7.54. The first-order chi connectivity index (χ1) is 5.33. The number of halogens is 1. The van der Waals surface area contributed by atoms with Crippen LogP contribution < -0.4 is 0 Å². The minimum absolute atomic E-state index is 0.344. The predicted octanol–water partition coefficient (Wildman–Crippen LogP) is 2.48. The molecule has 0 fully saturated rings. The summed E-state index contributed by atoms with van der Waals surface area (Å²) in [7, 11) is 0. The van der Waals surface area contributed by atoms with Crippen LogP contribution in [0.25, 0.3) is 0 Å². The fourth-order valence-corrected chi connectivity index (χ4v) is 1.30. The molecule has 3 heteroatoms. The zero-order valence-electron chi connectivity index (χ0n) is 5.96. The lowest BCUT2D eigenvalue weighted by Crippen LogP contribution is -1.93. The normalized spacial score (nSPS) is 10.0. The first-order valence-corrected chi connectivity index (χ1v) is 4.13.